The minimum atomic E-state index is -0.274. The molecular weight excluding hydrogens is 284 g/mol. The minimum absolute atomic E-state index is 0.274. The average Bonchev–Trinajstić information content (AvgIpc) is 2.60. The van der Waals surface area contributed by atoms with E-state index in [4.69, 9.17) is 4.74 Å². The van der Waals surface area contributed by atoms with Crippen molar-refractivity contribution >= 4 is 12.0 Å². The monoisotopic (exact) mass is 308 g/mol. The van der Waals surface area contributed by atoms with Gasteiger partial charge in [0.25, 0.3) is 0 Å². The Kier molecular flexibility index (Phi) is 7.12. The van der Waals surface area contributed by atoms with E-state index < -0.39 is 0 Å². The van der Waals surface area contributed by atoms with Crippen LogP contribution in [0.1, 0.15) is 30.9 Å². The van der Waals surface area contributed by atoms with Crippen LogP contribution >= 0.6 is 0 Å². The molecule has 0 fully saturated rings. The Balaban J connectivity index is 1.62. The third-order valence-electron chi connectivity index (χ3n) is 3.84. The number of ether oxygens (including phenoxy) is 1. The molecule has 1 atom stereocenters. The van der Waals surface area contributed by atoms with Crippen LogP contribution in [-0.4, -0.2) is 12.6 Å². The standard InChI is InChI=1S/C21H24O2/c1-18(12-13-19-8-4-2-5-9-19)16-17-23-21(22)15-14-20-10-6-3-7-11-20/h2-11,14-15,18H,12-13,16-17H2,1H3. The molecule has 2 aromatic carbocycles. The highest BCUT2D eigenvalue weighted by atomic mass is 16.5. The van der Waals surface area contributed by atoms with E-state index in [1.807, 2.05) is 36.4 Å². The Hall–Kier alpha value is -2.35. The zero-order chi connectivity index (χ0) is 16.3. The second-order valence-electron chi connectivity index (χ2n) is 5.83. The van der Waals surface area contributed by atoms with Gasteiger partial charge < -0.3 is 4.74 Å². The number of carbonyl (C=O) groups is 1. The summed E-state index contributed by atoms with van der Waals surface area (Å²) in [7, 11) is 0. The summed E-state index contributed by atoms with van der Waals surface area (Å²) in [5.74, 6) is 0.269. The zero-order valence-corrected chi connectivity index (χ0v) is 13.7. The molecule has 0 spiro atoms. The lowest BCUT2D eigenvalue weighted by Crippen LogP contribution is -2.07. The Morgan fingerprint density at radius 2 is 1.65 bits per heavy atom. The topological polar surface area (TPSA) is 26.3 Å². The largest absolute Gasteiger partial charge is 0.463 e. The van der Waals surface area contributed by atoms with E-state index in [1.54, 1.807) is 6.08 Å². The summed E-state index contributed by atoms with van der Waals surface area (Å²) in [6, 6.07) is 20.2. The van der Waals surface area contributed by atoms with Gasteiger partial charge in [0.15, 0.2) is 0 Å². The van der Waals surface area contributed by atoms with E-state index in [1.165, 1.54) is 11.6 Å². The molecule has 23 heavy (non-hydrogen) atoms. The summed E-state index contributed by atoms with van der Waals surface area (Å²) in [6.07, 6.45) is 6.36. The number of aryl methyl sites for hydroxylation is 1. The van der Waals surface area contributed by atoms with Crippen molar-refractivity contribution < 1.29 is 9.53 Å². The highest BCUT2D eigenvalue weighted by Gasteiger charge is 2.04. The molecule has 0 aliphatic carbocycles. The van der Waals surface area contributed by atoms with Crippen LogP contribution in [0.15, 0.2) is 66.7 Å². The maximum absolute atomic E-state index is 11.7. The lowest BCUT2D eigenvalue weighted by Gasteiger charge is -2.11. The van der Waals surface area contributed by atoms with E-state index in [2.05, 4.69) is 31.2 Å². The Labute approximate surface area is 138 Å². The van der Waals surface area contributed by atoms with E-state index in [-0.39, 0.29) is 5.97 Å². The summed E-state index contributed by atoms with van der Waals surface area (Å²) in [5, 5.41) is 0. The van der Waals surface area contributed by atoms with Crippen LogP contribution in [0.5, 0.6) is 0 Å². The molecule has 0 saturated heterocycles. The Bertz CT molecular complexity index is 602. The van der Waals surface area contributed by atoms with Crippen LogP contribution in [-0.2, 0) is 16.0 Å². The molecule has 1 unspecified atom stereocenters. The van der Waals surface area contributed by atoms with E-state index >= 15 is 0 Å². The van der Waals surface area contributed by atoms with Crippen molar-refractivity contribution in [2.45, 2.75) is 26.2 Å². The van der Waals surface area contributed by atoms with Crippen molar-refractivity contribution in [3.05, 3.63) is 77.9 Å². The second-order valence-corrected chi connectivity index (χ2v) is 5.83. The number of hydrogen-bond donors (Lipinski definition) is 0. The molecule has 0 N–H and O–H groups in total. The number of benzene rings is 2. The fraction of sp³-hybridized carbons (Fsp3) is 0.286. The first-order valence-electron chi connectivity index (χ1n) is 8.18. The lowest BCUT2D eigenvalue weighted by atomic mass is 9.99. The van der Waals surface area contributed by atoms with Crippen molar-refractivity contribution in [3.8, 4) is 0 Å². The van der Waals surface area contributed by atoms with Crippen LogP contribution in [0.25, 0.3) is 6.08 Å². The van der Waals surface area contributed by atoms with Gasteiger partial charge in [0.2, 0.25) is 0 Å². The fourth-order valence-electron chi connectivity index (χ4n) is 2.34. The fourth-order valence-corrected chi connectivity index (χ4v) is 2.34. The smallest absolute Gasteiger partial charge is 0.330 e. The summed E-state index contributed by atoms with van der Waals surface area (Å²) >= 11 is 0. The van der Waals surface area contributed by atoms with Gasteiger partial charge in [-0.3, -0.25) is 0 Å². The SMILES string of the molecule is CC(CCOC(=O)C=Cc1ccccc1)CCc1ccccc1. The molecule has 0 amide bonds. The summed E-state index contributed by atoms with van der Waals surface area (Å²) in [5.41, 5.74) is 2.36. The van der Waals surface area contributed by atoms with Gasteiger partial charge in [0, 0.05) is 6.08 Å². The van der Waals surface area contributed by atoms with E-state index in [0.717, 1.165) is 24.8 Å². The van der Waals surface area contributed by atoms with Crippen LogP contribution in [0, 0.1) is 5.92 Å². The van der Waals surface area contributed by atoms with Gasteiger partial charge in [-0.1, -0.05) is 67.6 Å². The molecule has 0 bridgehead atoms. The molecule has 0 aliphatic heterocycles. The van der Waals surface area contributed by atoms with Crippen LogP contribution in [0.4, 0.5) is 0 Å². The number of carbonyl (C=O) groups excluding carboxylic acids is 1. The van der Waals surface area contributed by atoms with Crippen LogP contribution in [0.3, 0.4) is 0 Å². The van der Waals surface area contributed by atoms with Crippen molar-refractivity contribution in [1.82, 2.24) is 0 Å². The second kappa shape index (κ2) is 9.62. The number of hydrogen-bond acceptors (Lipinski definition) is 2. The van der Waals surface area contributed by atoms with Crippen molar-refractivity contribution in [2.24, 2.45) is 5.92 Å². The van der Waals surface area contributed by atoms with Gasteiger partial charge in [0.05, 0.1) is 6.61 Å². The van der Waals surface area contributed by atoms with Crippen molar-refractivity contribution in [1.29, 1.82) is 0 Å². The first-order chi connectivity index (χ1) is 11.2. The van der Waals surface area contributed by atoms with Gasteiger partial charge >= 0.3 is 5.97 Å². The number of esters is 1. The maximum Gasteiger partial charge on any atom is 0.330 e. The normalized spacial score (nSPS) is 12.2. The lowest BCUT2D eigenvalue weighted by molar-refractivity contribution is -0.138. The van der Waals surface area contributed by atoms with Gasteiger partial charge in [-0.25, -0.2) is 4.79 Å². The average molecular weight is 308 g/mol. The molecule has 0 aliphatic rings. The highest BCUT2D eigenvalue weighted by Crippen LogP contribution is 2.13. The van der Waals surface area contributed by atoms with Gasteiger partial charge in [-0.05, 0) is 42.4 Å². The zero-order valence-electron chi connectivity index (χ0n) is 13.7. The molecule has 0 heterocycles. The molecule has 2 rings (SSSR count). The highest BCUT2D eigenvalue weighted by molar-refractivity contribution is 5.86. The Morgan fingerprint density at radius 1 is 1.00 bits per heavy atom. The third kappa shape index (κ3) is 6.96. The van der Waals surface area contributed by atoms with Crippen LogP contribution < -0.4 is 0 Å². The Morgan fingerprint density at radius 3 is 2.35 bits per heavy atom. The summed E-state index contributed by atoms with van der Waals surface area (Å²) < 4.78 is 5.26. The molecule has 120 valence electrons. The molecular formula is C21H24O2. The van der Waals surface area contributed by atoms with Crippen molar-refractivity contribution in [3.63, 3.8) is 0 Å². The molecule has 2 heteroatoms. The number of rotatable bonds is 8. The maximum atomic E-state index is 11.7. The quantitative estimate of drug-likeness (QED) is 0.512. The first-order valence-corrected chi connectivity index (χ1v) is 8.18. The molecule has 0 saturated carbocycles. The molecule has 2 aromatic rings. The molecule has 2 nitrogen and oxygen atoms in total. The van der Waals surface area contributed by atoms with E-state index in [9.17, 15) is 4.79 Å². The predicted octanol–water partition coefficient (Wildman–Crippen LogP) is 4.90. The summed E-state index contributed by atoms with van der Waals surface area (Å²) in [6.45, 7) is 2.69. The predicted molar refractivity (Wildman–Crippen MR) is 95.0 cm³/mol. The molecule has 0 radical (unpaired) electrons. The van der Waals surface area contributed by atoms with E-state index in [0.29, 0.717) is 12.5 Å². The summed E-state index contributed by atoms with van der Waals surface area (Å²) in [4.78, 5) is 11.7. The van der Waals surface area contributed by atoms with Crippen LogP contribution in [0.2, 0.25) is 0 Å². The van der Waals surface area contributed by atoms with Gasteiger partial charge in [0.1, 0.15) is 0 Å². The van der Waals surface area contributed by atoms with Crippen molar-refractivity contribution in [2.75, 3.05) is 6.61 Å². The third-order valence-corrected chi connectivity index (χ3v) is 3.84. The van der Waals surface area contributed by atoms with Gasteiger partial charge in [-0.2, -0.15) is 0 Å². The molecule has 0 aromatic heterocycles. The van der Waals surface area contributed by atoms with Gasteiger partial charge in [-0.15, -0.1) is 0 Å². The minimum Gasteiger partial charge on any atom is -0.463 e. The first kappa shape index (κ1) is 17.0.